The zero-order valence-corrected chi connectivity index (χ0v) is 18.9. The third-order valence-corrected chi connectivity index (χ3v) is 11.2. The van der Waals surface area contributed by atoms with E-state index in [2.05, 4.69) is 11.8 Å². The summed E-state index contributed by atoms with van der Waals surface area (Å²) in [6.45, 7) is 5.11. The first kappa shape index (κ1) is 20.4. The fraction of sp³-hybridized carbons (Fsp3) is 1.00. The van der Waals surface area contributed by atoms with Crippen LogP contribution in [0.25, 0.3) is 0 Å². The number of hydrogen-bond donors (Lipinski definition) is 2. The first-order valence-electron chi connectivity index (χ1n) is 12.1. The summed E-state index contributed by atoms with van der Waals surface area (Å²) in [5.41, 5.74) is -0.719. The Morgan fingerprint density at radius 1 is 1.10 bits per heavy atom. The molecule has 7 bridgehead atoms. The highest BCUT2D eigenvalue weighted by Crippen LogP contribution is 2.79. The zero-order chi connectivity index (χ0) is 21.1. The molecule has 6 fully saturated rings. The molecule has 0 amide bonds. The topological polar surface area (TPSA) is 71.4 Å². The lowest BCUT2D eigenvalue weighted by atomic mass is 9.43. The largest absolute Gasteiger partial charge is 0.392 e. The van der Waals surface area contributed by atoms with E-state index in [9.17, 15) is 10.2 Å². The summed E-state index contributed by atoms with van der Waals surface area (Å²) in [5.74, 6) is 1.03. The molecule has 1 aliphatic heterocycles. The predicted molar refractivity (Wildman–Crippen MR) is 111 cm³/mol. The minimum Gasteiger partial charge on any atom is -0.392 e. The summed E-state index contributed by atoms with van der Waals surface area (Å²) in [6, 6.07) is 0.329. The van der Waals surface area contributed by atoms with Gasteiger partial charge in [-0.25, -0.2) is 0 Å². The van der Waals surface area contributed by atoms with Gasteiger partial charge in [0, 0.05) is 68.9 Å². The number of piperidine rings is 1. The number of aliphatic hydroxyl groups excluding tert-OH is 1. The monoisotopic (exact) mass is 421 g/mol. The van der Waals surface area contributed by atoms with Crippen LogP contribution in [0.4, 0.5) is 0 Å². The lowest BCUT2D eigenvalue weighted by molar-refractivity contribution is -0.276. The van der Waals surface area contributed by atoms with Gasteiger partial charge >= 0.3 is 0 Å². The number of nitrogens with zero attached hydrogens (tertiary/aromatic N) is 1. The van der Waals surface area contributed by atoms with Gasteiger partial charge in [0.2, 0.25) is 0 Å². The molecule has 0 unspecified atom stereocenters. The van der Waals surface area contributed by atoms with Gasteiger partial charge < -0.3 is 24.4 Å². The molecule has 12 atom stereocenters. The fourth-order valence-electron chi connectivity index (χ4n) is 10.7. The molecule has 0 aromatic carbocycles. The summed E-state index contributed by atoms with van der Waals surface area (Å²) in [7, 11) is 5.48. The van der Waals surface area contributed by atoms with Gasteiger partial charge in [0.25, 0.3) is 0 Å². The maximum atomic E-state index is 12.4. The van der Waals surface area contributed by atoms with Crippen LogP contribution >= 0.6 is 0 Å². The van der Waals surface area contributed by atoms with Crippen molar-refractivity contribution in [2.75, 3.05) is 41.0 Å². The summed E-state index contributed by atoms with van der Waals surface area (Å²) >= 11 is 0. The van der Waals surface area contributed by atoms with Gasteiger partial charge in [-0.05, 0) is 44.1 Å². The van der Waals surface area contributed by atoms with Crippen molar-refractivity contribution in [2.45, 2.75) is 69.0 Å². The van der Waals surface area contributed by atoms with E-state index in [1.54, 1.807) is 7.11 Å². The highest BCUT2D eigenvalue weighted by atomic mass is 16.5. The maximum absolute atomic E-state index is 12.4. The van der Waals surface area contributed by atoms with Crippen molar-refractivity contribution in [1.29, 1.82) is 0 Å². The molecule has 5 saturated carbocycles. The first-order chi connectivity index (χ1) is 14.4. The van der Waals surface area contributed by atoms with Gasteiger partial charge in [0.05, 0.1) is 30.5 Å². The summed E-state index contributed by atoms with van der Waals surface area (Å²) in [4.78, 5) is 2.67. The predicted octanol–water partition coefficient (Wildman–Crippen LogP) is 1.53. The van der Waals surface area contributed by atoms with Gasteiger partial charge in [-0.15, -0.1) is 0 Å². The van der Waals surface area contributed by atoms with Crippen LogP contribution in [0.3, 0.4) is 0 Å². The van der Waals surface area contributed by atoms with Crippen molar-refractivity contribution in [1.82, 2.24) is 4.90 Å². The third kappa shape index (κ3) is 2.00. The Bertz CT molecular complexity index is 720. The molecular formula is C24H39NO5. The van der Waals surface area contributed by atoms with Crippen LogP contribution in [-0.4, -0.2) is 86.1 Å². The zero-order valence-electron chi connectivity index (χ0n) is 18.9. The van der Waals surface area contributed by atoms with Gasteiger partial charge in [0.15, 0.2) is 0 Å². The van der Waals surface area contributed by atoms with Crippen molar-refractivity contribution in [2.24, 2.45) is 40.4 Å². The Labute approximate surface area is 180 Å². The van der Waals surface area contributed by atoms with E-state index in [0.29, 0.717) is 18.4 Å². The van der Waals surface area contributed by atoms with Gasteiger partial charge in [-0.2, -0.15) is 0 Å². The smallest absolute Gasteiger partial charge is 0.0771 e. The van der Waals surface area contributed by atoms with E-state index in [-0.39, 0.29) is 46.7 Å². The summed E-state index contributed by atoms with van der Waals surface area (Å²) in [6.07, 6.45) is 4.52. The average molecular weight is 422 g/mol. The molecule has 6 aliphatic rings. The van der Waals surface area contributed by atoms with Gasteiger partial charge in [0.1, 0.15) is 0 Å². The van der Waals surface area contributed by atoms with Gasteiger partial charge in [-0.1, -0.05) is 6.92 Å². The Morgan fingerprint density at radius 3 is 2.57 bits per heavy atom. The van der Waals surface area contributed by atoms with Crippen LogP contribution in [-0.2, 0) is 14.2 Å². The fourth-order valence-corrected chi connectivity index (χ4v) is 10.7. The molecule has 170 valence electrons. The molecule has 1 heterocycles. The molecule has 6 heteroatoms. The Kier molecular flexibility index (Phi) is 4.36. The molecule has 0 aromatic heterocycles. The highest BCUT2D eigenvalue weighted by Gasteiger charge is 2.83. The van der Waals surface area contributed by atoms with E-state index >= 15 is 0 Å². The Morgan fingerprint density at radius 2 is 1.90 bits per heavy atom. The van der Waals surface area contributed by atoms with Gasteiger partial charge in [-0.3, -0.25) is 4.90 Å². The van der Waals surface area contributed by atoms with Crippen LogP contribution in [0.2, 0.25) is 0 Å². The number of fused-ring (bicyclic) bond motifs is 2. The van der Waals surface area contributed by atoms with Crippen LogP contribution in [0.1, 0.15) is 39.0 Å². The SMILES string of the molecule is CCN1C[C@@]2(COC)CC[C@H](OC)[C@@]34[C@@H]5C[C@H]6[C@H](O)[C@@H]5[C@](O)(C[C@@H]6OC)[C@@H](C[C@H]23)[C@H]14. The number of ether oxygens (including phenoxy) is 3. The molecule has 30 heavy (non-hydrogen) atoms. The quantitative estimate of drug-likeness (QED) is 0.702. The normalized spacial score (nSPS) is 60.8. The second-order valence-corrected chi connectivity index (χ2v) is 11.5. The molecule has 6 nitrogen and oxygen atoms in total. The summed E-state index contributed by atoms with van der Waals surface area (Å²) in [5, 5.41) is 23.8. The first-order valence-corrected chi connectivity index (χ1v) is 12.1. The van der Waals surface area contributed by atoms with Crippen LogP contribution in [0.5, 0.6) is 0 Å². The van der Waals surface area contributed by atoms with Crippen LogP contribution < -0.4 is 0 Å². The Balaban J connectivity index is 1.58. The second-order valence-electron chi connectivity index (χ2n) is 11.5. The number of hydrogen-bond acceptors (Lipinski definition) is 6. The standard InChI is InChI=1S/C24H39NO5/c1-5-25-11-22(12-28-2)7-6-18(30-4)24-14-8-13-16(29-3)10-23(27,19(14)20(13)26)15(21(24)25)9-17(22)24/h13-21,26-27H,5-12H2,1-4H3/t13-,14-,15+,16+,17-,18+,19-,20+,21+,22-,23+,24-/m1/s1. The van der Waals surface area contributed by atoms with Crippen molar-refractivity contribution in [3.63, 3.8) is 0 Å². The van der Waals surface area contributed by atoms with Crippen molar-refractivity contribution >= 4 is 0 Å². The molecule has 1 spiro atoms. The number of likely N-dealkylation sites (tertiary alicyclic amines) is 1. The van der Waals surface area contributed by atoms with E-state index < -0.39 is 11.7 Å². The van der Waals surface area contributed by atoms with Crippen molar-refractivity contribution in [3.8, 4) is 0 Å². The molecule has 6 rings (SSSR count). The van der Waals surface area contributed by atoms with E-state index in [1.165, 1.54) is 0 Å². The van der Waals surface area contributed by atoms with Crippen molar-refractivity contribution < 1.29 is 24.4 Å². The van der Waals surface area contributed by atoms with Crippen LogP contribution in [0.15, 0.2) is 0 Å². The molecular weight excluding hydrogens is 382 g/mol. The molecule has 1 saturated heterocycles. The van der Waals surface area contributed by atoms with E-state index in [1.807, 2.05) is 14.2 Å². The molecule has 0 radical (unpaired) electrons. The second kappa shape index (κ2) is 6.42. The van der Waals surface area contributed by atoms with Crippen molar-refractivity contribution in [3.05, 3.63) is 0 Å². The lowest BCUT2D eigenvalue weighted by Gasteiger charge is -2.69. The van der Waals surface area contributed by atoms with E-state index in [4.69, 9.17) is 14.2 Å². The molecule has 5 aliphatic carbocycles. The third-order valence-electron chi connectivity index (χ3n) is 11.2. The van der Waals surface area contributed by atoms with E-state index in [0.717, 1.165) is 45.4 Å². The van der Waals surface area contributed by atoms with Crippen LogP contribution in [0, 0.1) is 40.4 Å². The Hall–Kier alpha value is -0.240. The number of aliphatic hydroxyl groups is 2. The average Bonchev–Trinajstić information content (AvgIpc) is 3.15. The molecule has 2 N–H and O–H groups in total. The molecule has 0 aromatic rings. The number of methoxy groups -OCH3 is 3. The summed E-state index contributed by atoms with van der Waals surface area (Å²) < 4.78 is 18.0. The highest BCUT2D eigenvalue weighted by molar-refractivity contribution is 5.33. The minimum atomic E-state index is -0.847. The lowest BCUT2D eigenvalue weighted by Crippen LogP contribution is -2.76. The minimum absolute atomic E-state index is 0.000283. The maximum Gasteiger partial charge on any atom is 0.0771 e. The number of rotatable bonds is 5.